The second-order valence-electron chi connectivity index (χ2n) is 9.34. The Hall–Kier alpha value is -4.20. The van der Waals surface area contributed by atoms with Gasteiger partial charge in [0.25, 0.3) is 5.69 Å². The average Bonchev–Trinajstić information content (AvgIpc) is 3.31. The number of nitro benzene ring substituents is 1. The Kier molecular flexibility index (Phi) is 6.90. The molecule has 0 N–H and O–H groups in total. The van der Waals surface area contributed by atoms with Crippen LogP contribution in [0.5, 0.6) is 0 Å². The molecule has 1 atom stereocenters. The molecule has 5 rings (SSSR count). The van der Waals surface area contributed by atoms with Crippen LogP contribution in [0.1, 0.15) is 30.4 Å². The number of piperazine rings is 1. The molecule has 0 radical (unpaired) electrons. The van der Waals surface area contributed by atoms with Crippen LogP contribution >= 0.6 is 0 Å². The molecule has 37 heavy (non-hydrogen) atoms. The summed E-state index contributed by atoms with van der Waals surface area (Å²) in [6.45, 7) is 5.36. The van der Waals surface area contributed by atoms with E-state index in [1.54, 1.807) is 24.3 Å². The number of fused-ring (bicyclic) bond motifs is 1. The lowest BCUT2D eigenvalue weighted by Gasteiger charge is -2.36. The fourth-order valence-electron chi connectivity index (χ4n) is 5.22. The van der Waals surface area contributed by atoms with Crippen LogP contribution in [0.2, 0.25) is 0 Å². The van der Waals surface area contributed by atoms with Gasteiger partial charge in [-0.15, -0.1) is 0 Å². The molecular weight excluding hydrogens is 471 g/mol. The molecule has 1 aliphatic heterocycles. The predicted octanol–water partition coefficient (Wildman–Crippen LogP) is 5.58. The van der Waals surface area contributed by atoms with Crippen LogP contribution in [0, 0.1) is 15.9 Å². The molecule has 1 saturated heterocycles. The highest BCUT2D eigenvalue weighted by Crippen LogP contribution is 2.35. The highest BCUT2D eigenvalue weighted by atomic mass is 19.1. The molecule has 0 unspecified atom stereocenters. The van der Waals surface area contributed by atoms with Gasteiger partial charge in [0.2, 0.25) is 5.91 Å². The zero-order valence-corrected chi connectivity index (χ0v) is 20.7. The minimum Gasteiger partial charge on any atom is -0.368 e. The van der Waals surface area contributed by atoms with Gasteiger partial charge >= 0.3 is 0 Å². The van der Waals surface area contributed by atoms with Gasteiger partial charge in [-0.1, -0.05) is 30.3 Å². The van der Waals surface area contributed by atoms with E-state index in [4.69, 9.17) is 0 Å². The van der Waals surface area contributed by atoms with Crippen LogP contribution in [0.15, 0.2) is 79.0 Å². The van der Waals surface area contributed by atoms with Crippen molar-refractivity contribution in [2.75, 3.05) is 31.1 Å². The number of carbonyl (C=O) groups excluding carboxylic acids is 1. The number of para-hydroxylation sites is 1. The van der Waals surface area contributed by atoms with E-state index < -0.39 is 4.92 Å². The summed E-state index contributed by atoms with van der Waals surface area (Å²) in [6, 6.07) is 21.2. The van der Waals surface area contributed by atoms with Gasteiger partial charge in [-0.2, -0.15) is 0 Å². The van der Waals surface area contributed by atoms with E-state index in [2.05, 4.69) is 34.7 Å². The molecule has 3 aromatic carbocycles. The molecule has 1 amide bonds. The third-order valence-corrected chi connectivity index (χ3v) is 7.24. The molecule has 1 aromatic heterocycles. The Morgan fingerprint density at radius 1 is 0.973 bits per heavy atom. The fourth-order valence-corrected chi connectivity index (χ4v) is 5.22. The number of carbonyl (C=O) groups is 1. The summed E-state index contributed by atoms with van der Waals surface area (Å²) in [7, 11) is 0. The maximum Gasteiger partial charge on any atom is 0.269 e. The molecule has 2 heterocycles. The number of rotatable bonds is 7. The van der Waals surface area contributed by atoms with Gasteiger partial charge in [-0.25, -0.2) is 4.39 Å². The summed E-state index contributed by atoms with van der Waals surface area (Å²) in [4.78, 5) is 28.1. The van der Waals surface area contributed by atoms with Gasteiger partial charge < -0.3 is 14.4 Å². The maximum atomic E-state index is 13.7. The number of amides is 1. The quantitative estimate of drug-likeness (QED) is 0.245. The second-order valence-corrected chi connectivity index (χ2v) is 9.34. The molecule has 4 aromatic rings. The normalized spacial score (nSPS) is 14.6. The number of halogens is 1. The number of hydrogen-bond donors (Lipinski definition) is 0. The van der Waals surface area contributed by atoms with E-state index in [-0.39, 0.29) is 23.3 Å². The van der Waals surface area contributed by atoms with Crippen LogP contribution in [-0.4, -0.2) is 46.5 Å². The molecule has 0 saturated carbocycles. The molecule has 1 aliphatic rings. The molecule has 190 valence electrons. The van der Waals surface area contributed by atoms with Gasteiger partial charge in [0.15, 0.2) is 0 Å². The van der Waals surface area contributed by atoms with Crippen molar-refractivity contribution in [3.63, 3.8) is 0 Å². The predicted molar refractivity (Wildman–Crippen MR) is 142 cm³/mol. The maximum absolute atomic E-state index is 13.7. The third kappa shape index (κ3) is 5.05. The lowest BCUT2D eigenvalue weighted by Crippen LogP contribution is -2.49. The number of nitrogens with zero attached hydrogens (tertiary/aromatic N) is 4. The molecule has 0 spiro atoms. The molecular formula is C29H29FN4O3. The summed E-state index contributed by atoms with van der Waals surface area (Å²) in [6.07, 6.45) is 2.42. The lowest BCUT2D eigenvalue weighted by molar-refractivity contribution is -0.384. The highest BCUT2D eigenvalue weighted by Gasteiger charge is 2.27. The van der Waals surface area contributed by atoms with Crippen molar-refractivity contribution in [1.29, 1.82) is 0 Å². The van der Waals surface area contributed by atoms with Gasteiger partial charge in [0.05, 0.1) is 4.92 Å². The van der Waals surface area contributed by atoms with E-state index in [1.165, 1.54) is 24.3 Å². The Morgan fingerprint density at radius 2 is 1.65 bits per heavy atom. The minimum absolute atomic E-state index is 0.0611. The largest absolute Gasteiger partial charge is 0.368 e. The van der Waals surface area contributed by atoms with Gasteiger partial charge in [0.1, 0.15) is 5.82 Å². The number of nitro groups is 1. The summed E-state index contributed by atoms with van der Waals surface area (Å²) >= 11 is 0. The van der Waals surface area contributed by atoms with E-state index in [9.17, 15) is 19.3 Å². The van der Waals surface area contributed by atoms with Crippen LogP contribution in [0.25, 0.3) is 10.9 Å². The lowest BCUT2D eigenvalue weighted by atomic mass is 9.87. The highest BCUT2D eigenvalue weighted by molar-refractivity contribution is 5.86. The Labute approximate surface area is 214 Å². The van der Waals surface area contributed by atoms with E-state index >= 15 is 0 Å². The van der Waals surface area contributed by atoms with E-state index in [1.807, 2.05) is 17.0 Å². The first kappa shape index (κ1) is 24.5. The second kappa shape index (κ2) is 10.4. The SMILES string of the molecule is CCn1cc([C@@H](CC(=O)N2CCN(c3ccc([N+](=O)[O-])cc3)CC2)c2ccc(F)cc2)c2ccccc21. The van der Waals surface area contributed by atoms with Gasteiger partial charge in [-0.3, -0.25) is 14.9 Å². The number of anilines is 1. The molecule has 0 aliphatic carbocycles. The van der Waals surface area contributed by atoms with Crippen molar-refractivity contribution in [3.8, 4) is 0 Å². The number of hydrogen-bond acceptors (Lipinski definition) is 4. The minimum atomic E-state index is -0.407. The van der Waals surface area contributed by atoms with Crippen molar-refractivity contribution in [2.24, 2.45) is 0 Å². The van der Waals surface area contributed by atoms with Crippen LogP contribution < -0.4 is 4.90 Å². The van der Waals surface area contributed by atoms with Crippen molar-refractivity contribution in [3.05, 3.63) is 106 Å². The smallest absolute Gasteiger partial charge is 0.269 e. The zero-order valence-electron chi connectivity index (χ0n) is 20.7. The van der Waals surface area contributed by atoms with Crippen molar-refractivity contribution < 1.29 is 14.1 Å². The average molecular weight is 501 g/mol. The summed E-state index contributed by atoms with van der Waals surface area (Å²) < 4.78 is 15.9. The van der Waals surface area contributed by atoms with Crippen molar-refractivity contribution in [1.82, 2.24) is 9.47 Å². The Balaban J connectivity index is 1.35. The first-order valence-corrected chi connectivity index (χ1v) is 12.5. The van der Waals surface area contributed by atoms with Crippen molar-refractivity contribution >= 4 is 28.2 Å². The topological polar surface area (TPSA) is 71.6 Å². The fraction of sp³-hybridized carbons (Fsp3) is 0.276. The number of aryl methyl sites for hydroxylation is 1. The standard InChI is InChI=1S/C29H29FN4O3/c1-2-31-20-27(25-5-3-4-6-28(25)31)26(21-7-9-22(30)10-8-21)19-29(35)33-17-15-32(16-18-33)23-11-13-24(14-12-23)34(36)37/h3-14,20,26H,2,15-19H2,1H3/t26-/m0/s1. The molecule has 0 bridgehead atoms. The van der Waals surface area contributed by atoms with Crippen LogP contribution in [-0.2, 0) is 11.3 Å². The molecule has 7 nitrogen and oxygen atoms in total. The number of non-ortho nitro benzene ring substituents is 1. The summed E-state index contributed by atoms with van der Waals surface area (Å²) in [5, 5.41) is 12.0. The summed E-state index contributed by atoms with van der Waals surface area (Å²) in [5.74, 6) is -0.434. The Bertz CT molecular complexity index is 1410. The number of aromatic nitrogens is 1. The van der Waals surface area contributed by atoms with Gasteiger partial charge in [-0.05, 0) is 48.4 Å². The Morgan fingerprint density at radius 3 is 2.30 bits per heavy atom. The summed E-state index contributed by atoms with van der Waals surface area (Å²) in [5.41, 5.74) is 4.08. The van der Waals surface area contributed by atoms with Crippen molar-refractivity contribution in [2.45, 2.75) is 25.8 Å². The third-order valence-electron chi connectivity index (χ3n) is 7.24. The van der Waals surface area contributed by atoms with Crippen LogP contribution in [0.3, 0.4) is 0 Å². The molecule has 1 fully saturated rings. The zero-order chi connectivity index (χ0) is 25.9. The monoisotopic (exact) mass is 500 g/mol. The van der Waals surface area contributed by atoms with Crippen LogP contribution in [0.4, 0.5) is 15.8 Å². The van der Waals surface area contributed by atoms with E-state index in [0.29, 0.717) is 32.6 Å². The van der Waals surface area contributed by atoms with E-state index in [0.717, 1.165) is 34.3 Å². The first-order valence-electron chi connectivity index (χ1n) is 12.5. The first-order chi connectivity index (χ1) is 17.9. The van der Waals surface area contributed by atoms with Gasteiger partial charge in [0, 0.05) is 80.0 Å². The number of benzene rings is 3. The molecule has 8 heteroatoms.